The Labute approximate surface area is 127 Å². The summed E-state index contributed by atoms with van der Waals surface area (Å²) in [4.78, 5) is 44.8. The average Bonchev–Trinajstić information content (AvgIpc) is 2.45. The molecule has 2 N–H and O–H groups in total. The van der Waals surface area contributed by atoms with E-state index in [1.165, 1.54) is 0 Å². The first-order valence-corrected chi connectivity index (χ1v) is 6.15. The van der Waals surface area contributed by atoms with Crippen molar-refractivity contribution < 1.29 is 42.6 Å². The number of Topliss-reactive ketones (excluding diaryl/α,β-unsaturated/α-hetero) is 1. The lowest BCUT2D eigenvalue weighted by Crippen LogP contribution is -2.41. The normalized spacial score (nSPS) is 11.8. The van der Waals surface area contributed by atoms with Gasteiger partial charge in [-0.15, -0.1) is 0 Å². The van der Waals surface area contributed by atoms with Crippen molar-refractivity contribution in [3.63, 3.8) is 0 Å². The number of hydrogen-bond donors (Lipinski definition) is 2. The van der Waals surface area contributed by atoms with Gasteiger partial charge in [0, 0.05) is 18.4 Å². The van der Waals surface area contributed by atoms with Crippen LogP contribution in [0.4, 0.5) is 13.2 Å². The molecule has 0 saturated heterocycles. The molecule has 0 atom stereocenters. The molecule has 0 amide bonds. The third kappa shape index (κ3) is 3.93. The van der Waals surface area contributed by atoms with Gasteiger partial charge in [-0.3, -0.25) is 14.4 Å². The monoisotopic (exact) mass is 332 g/mol. The number of carbonyl (C=O) groups is 4. The van der Waals surface area contributed by atoms with Crippen LogP contribution in [0.15, 0.2) is 24.3 Å². The van der Waals surface area contributed by atoms with Gasteiger partial charge in [0.25, 0.3) is 0 Å². The lowest BCUT2D eigenvalue weighted by Gasteiger charge is -2.21. The summed E-state index contributed by atoms with van der Waals surface area (Å²) in [6.45, 7) is 0. The van der Waals surface area contributed by atoms with Crippen LogP contribution >= 0.6 is 0 Å². The van der Waals surface area contributed by atoms with Gasteiger partial charge in [0.2, 0.25) is 0 Å². The summed E-state index contributed by atoms with van der Waals surface area (Å²) in [5.41, 5.74) is -3.94. The van der Waals surface area contributed by atoms with Crippen molar-refractivity contribution in [3.8, 4) is 0 Å². The Kier molecular flexibility index (Phi) is 5.26. The Morgan fingerprint density at radius 2 is 1.48 bits per heavy atom. The first kappa shape index (κ1) is 18.3. The van der Waals surface area contributed by atoms with Gasteiger partial charge in [-0.2, -0.15) is 13.2 Å². The van der Waals surface area contributed by atoms with Crippen LogP contribution in [0.3, 0.4) is 0 Å². The molecule has 23 heavy (non-hydrogen) atoms. The van der Waals surface area contributed by atoms with Gasteiger partial charge in [0.15, 0.2) is 11.2 Å². The largest absolute Gasteiger partial charge is 0.480 e. The molecular weight excluding hydrogens is 321 g/mol. The number of hydrogen-bond acceptors (Lipinski definition) is 4. The second kappa shape index (κ2) is 6.59. The van der Waals surface area contributed by atoms with E-state index < -0.39 is 47.7 Å². The molecule has 6 nitrogen and oxygen atoms in total. The fourth-order valence-electron chi connectivity index (χ4n) is 1.85. The zero-order valence-corrected chi connectivity index (χ0v) is 11.5. The van der Waals surface area contributed by atoms with E-state index in [1.807, 2.05) is 0 Å². The van der Waals surface area contributed by atoms with E-state index >= 15 is 0 Å². The number of carboxylic acid groups (broad SMARTS) is 2. The molecule has 0 heterocycles. The van der Waals surface area contributed by atoms with Gasteiger partial charge in [-0.05, 0) is 12.1 Å². The minimum Gasteiger partial charge on any atom is -0.480 e. The number of aliphatic carboxylic acids is 2. The average molecular weight is 332 g/mol. The smallest absolute Gasteiger partial charge is 0.416 e. The number of rotatable bonds is 7. The molecule has 0 bridgehead atoms. The molecule has 1 aromatic rings. The molecule has 0 spiro atoms. The fourth-order valence-corrected chi connectivity index (χ4v) is 1.85. The molecule has 0 unspecified atom stereocenters. The molecule has 0 aliphatic rings. The van der Waals surface area contributed by atoms with Crippen molar-refractivity contribution in [1.29, 1.82) is 0 Å². The summed E-state index contributed by atoms with van der Waals surface area (Å²) in [6.07, 6.45) is -6.54. The number of benzene rings is 1. The van der Waals surface area contributed by atoms with Crippen LogP contribution < -0.4 is 0 Å². The molecule has 0 fully saturated rings. The molecule has 0 aromatic heterocycles. The first-order valence-electron chi connectivity index (χ1n) is 6.15. The molecule has 9 heteroatoms. The summed E-state index contributed by atoms with van der Waals surface area (Å²) >= 11 is 0. The number of halogens is 3. The summed E-state index contributed by atoms with van der Waals surface area (Å²) in [5.74, 6) is -4.75. The number of ketones is 1. The number of alkyl halides is 3. The lowest BCUT2D eigenvalue weighted by atomic mass is 9.79. The third-order valence-corrected chi connectivity index (χ3v) is 3.25. The van der Waals surface area contributed by atoms with Crippen LogP contribution in [0.25, 0.3) is 0 Å². The molecule has 0 aliphatic carbocycles. The number of carboxylic acids is 2. The predicted octanol–water partition coefficient (Wildman–Crippen LogP) is 2.02. The minimum absolute atomic E-state index is 0.0578. The standard InChI is InChI=1S/C14H11F3O6/c15-14(16,17)9-3-1-8(2-4-9)10(19)7-13(5-6-18,11(20)21)12(22)23/h1-4,6H,5,7H2,(H,20,21)(H,22,23). The van der Waals surface area contributed by atoms with Crippen LogP contribution in [0.5, 0.6) is 0 Å². The van der Waals surface area contributed by atoms with Gasteiger partial charge in [-0.25, -0.2) is 0 Å². The van der Waals surface area contributed by atoms with Crippen molar-refractivity contribution in [2.75, 3.05) is 0 Å². The van der Waals surface area contributed by atoms with Gasteiger partial charge in [-0.1, -0.05) is 12.1 Å². The molecule has 0 saturated carbocycles. The van der Waals surface area contributed by atoms with Gasteiger partial charge < -0.3 is 15.0 Å². The molecule has 1 rings (SSSR count). The zero-order valence-electron chi connectivity index (χ0n) is 11.5. The van der Waals surface area contributed by atoms with Crippen LogP contribution in [-0.2, 0) is 20.6 Å². The lowest BCUT2D eigenvalue weighted by molar-refractivity contribution is -0.165. The maximum atomic E-state index is 12.4. The van der Waals surface area contributed by atoms with E-state index in [0.717, 1.165) is 12.1 Å². The van der Waals surface area contributed by atoms with Crippen LogP contribution in [-0.4, -0.2) is 34.2 Å². The topological polar surface area (TPSA) is 109 Å². The highest BCUT2D eigenvalue weighted by atomic mass is 19.4. The Bertz CT molecular complexity index is 619. The molecular formula is C14H11F3O6. The van der Waals surface area contributed by atoms with E-state index in [9.17, 15) is 32.3 Å². The van der Waals surface area contributed by atoms with Crippen molar-refractivity contribution in [1.82, 2.24) is 0 Å². The SMILES string of the molecule is O=CCC(CC(=O)c1ccc(C(F)(F)F)cc1)(C(=O)O)C(=O)O. The minimum atomic E-state index is -4.61. The molecule has 0 aliphatic heterocycles. The summed E-state index contributed by atoms with van der Waals surface area (Å²) in [7, 11) is 0. The zero-order chi connectivity index (χ0) is 17.8. The van der Waals surface area contributed by atoms with E-state index in [2.05, 4.69) is 0 Å². The maximum absolute atomic E-state index is 12.4. The summed E-state index contributed by atoms with van der Waals surface area (Å²) in [5, 5.41) is 18.1. The van der Waals surface area contributed by atoms with Crippen molar-refractivity contribution in [3.05, 3.63) is 35.4 Å². The van der Waals surface area contributed by atoms with Crippen LogP contribution in [0.2, 0.25) is 0 Å². The van der Waals surface area contributed by atoms with Crippen molar-refractivity contribution in [2.24, 2.45) is 5.41 Å². The fraction of sp³-hybridized carbons (Fsp3) is 0.286. The highest BCUT2D eigenvalue weighted by Crippen LogP contribution is 2.31. The van der Waals surface area contributed by atoms with Crippen LogP contribution in [0, 0.1) is 5.41 Å². The van der Waals surface area contributed by atoms with Crippen LogP contribution in [0.1, 0.15) is 28.8 Å². The van der Waals surface area contributed by atoms with Crippen molar-refractivity contribution >= 4 is 24.0 Å². The van der Waals surface area contributed by atoms with Gasteiger partial charge >= 0.3 is 18.1 Å². The Morgan fingerprint density at radius 3 is 1.83 bits per heavy atom. The Morgan fingerprint density at radius 1 is 1.00 bits per heavy atom. The maximum Gasteiger partial charge on any atom is 0.416 e. The highest BCUT2D eigenvalue weighted by Gasteiger charge is 2.48. The van der Waals surface area contributed by atoms with Gasteiger partial charge in [0.05, 0.1) is 5.56 Å². The quantitative estimate of drug-likeness (QED) is 0.449. The highest BCUT2D eigenvalue weighted by molar-refractivity contribution is 6.07. The Hall–Kier alpha value is -2.71. The third-order valence-electron chi connectivity index (χ3n) is 3.25. The van der Waals surface area contributed by atoms with E-state index in [4.69, 9.17) is 10.2 Å². The molecule has 124 valence electrons. The summed E-state index contributed by atoms with van der Waals surface area (Å²) < 4.78 is 37.3. The van der Waals surface area contributed by atoms with Crippen molar-refractivity contribution in [2.45, 2.75) is 19.0 Å². The molecule has 1 aromatic carbocycles. The second-order valence-corrected chi connectivity index (χ2v) is 4.74. The second-order valence-electron chi connectivity index (χ2n) is 4.74. The van der Waals surface area contributed by atoms with Gasteiger partial charge in [0.1, 0.15) is 6.29 Å². The van der Waals surface area contributed by atoms with E-state index in [-0.39, 0.29) is 11.8 Å². The number of aldehydes is 1. The van der Waals surface area contributed by atoms with E-state index in [0.29, 0.717) is 12.1 Å². The van der Waals surface area contributed by atoms with E-state index in [1.54, 1.807) is 0 Å². The molecule has 0 radical (unpaired) electrons. The summed E-state index contributed by atoms with van der Waals surface area (Å²) in [6, 6.07) is 2.88. The number of carbonyl (C=O) groups excluding carboxylic acids is 2. The Balaban J connectivity index is 3.11. The first-order chi connectivity index (χ1) is 10.5. The predicted molar refractivity (Wildman–Crippen MR) is 68.8 cm³/mol.